The van der Waals surface area contributed by atoms with Gasteiger partial charge in [-0.1, -0.05) is 72.3 Å². The summed E-state index contributed by atoms with van der Waals surface area (Å²) in [5.41, 5.74) is 2.12. The van der Waals surface area contributed by atoms with Gasteiger partial charge in [-0.05, 0) is 110 Å². The molecule has 0 spiro atoms. The minimum absolute atomic E-state index is 0.0821. The molecule has 6 rings (SSSR count). The molecule has 6 N–H and O–H groups in total. The van der Waals surface area contributed by atoms with Crippen LogP contribution in [0, 0.1) is 51.8 Å². The third-order valence-corrected chi connectivity index (χ3v) is 15.2. The minimum atomic E-state index is -1.66. The molecule has 0 radical (unpaired) electrons. The molecule has 4 aliphatic carbocycles. The van der Waals surface area contributed by atoms with Gasteiger partial charge >= 0.3 is 0 Å². The second kappa shape index (κ2) is 15.3. The van der Waals surface area contributed by atoms with E-state index < -0.39 is 61.9 Å². The number of fused-ring (bicyclic) bond motifs is 5. The first-order valence-corrected chi connectivity index (χ1v) is 20.1. The zero-order chi connectivity index (χ0) is 37.0. The number of hydrogen-bond acceptors (Lipinski definition) is 10. The van der Waals surface area contributed by atoms with Crippen molar-refractivity contribution >= 4 is 0 Å². The Balaban J connectivity index is 1.14. The first-order chi connectivity index (χ1) is 24.1. The molecule has 10 heteroatoms. The molecule has 0 aromatic heterocycles. The molecule has 18 atom stereocenters. The van der Waals surface area contributed by atoms with Gasteiger partial charge in [-0.3, -0.25) is 0 Å². The van der Waals surface area contributed by atoms with Crippen LogP contribution in [-0.4, -0.2) is 105 Å². The van der Waals surface area contributed by atoms with Crippen molar-refractivity contribution in [2.75, 3.05) is 13.2 Å². The number of aliphatic hydroxyl groups is 6. The number of aliphatic hydroxyl groups excluding tert-OH is 6. The maximum Gasteiger partial charge on any atom is 0.187 e. The fourth-order valence-corrected chi connectivity index (χ4v) is 12.1. The van der Waals surface area contributed by atoms with Gasteiger partial charge in [0.15, 0.2) is 12.6 Å². The Labute approximate surface area is 305 Å². The molecule has 0 amide bonds. The van der Waals surface area contributed by atoms with E-state index in [1.165, 1.54) is 37.7 Å². The molecule has 292 valence electrons. The van der Waals surface area contributed by atoms with Crippen LogP contribution < -0.4 is 0 Å². The molecule has 9 unspecified atom stereocenters. The fourth-order valence-electron chi connectivity index (χ4n) is 12.1. The largest absolute Gasteiger partial charge is 0.394 e. The highest BCUT2D eigenvalue weighted by Crippen LogP contribution is 2.72. The van der Waals surface area contributed by atoms with Gasteiger partial charge < -0.3 is 49.6 Å². The predicted octanol–water partition coefficient (Wildman–Crippen LogP) is 4.48. The molecule has 2 heterocycles. The molecule has 3 saturated carbocycles. The average Bonchev–Trinajstić information content (AvgIpc) is 3.46. The van der Waals surface area contributed by atoms with Gasteiger partial charge in [0.2, 0.25) is 0 Å². The normalized spacial score (nSPS) is 50.0. The second-order valence-electron chi connectivity index (χ2n) is 18.3. The lowest BCUT2D eigenvalue weighted by atomic mass is 9.41. The van der Waals surface area contributed by atoms with Crippen molar-refractivity contribution < 1.29 is 49.6 Å². The van der Waals surface area contributed by atoms with E-state index in [-0.39, 0.29) is 23.5 Å². The second-order valence-corrected chi connectivity index (χ2v) is 18.3. The van der Waals surface area contributed by atoms with E-state index in [1.54, 1.807) is 0 Å². The van der Waals surface area contributed by atoms with Crippen LogP contribution in [0.2, 0.25) is 0 Å². The van der Waals surface area contributed by atoms with Crippen molar-refractivity contribution in [1.29, 1.82) is 0 Å². The van der Waals surface area contributed by atoms with Crippen molar-refractivity contribution in [1.82, 2.24) is 0 Å². The quantitative estimate of drug-likeness (QED) is 0.178. The molecule has 0 aromatic rings. The van der Waals surface area contributed by atoms with Crippen LogP contribution in [0.3, 0.4) is 0 Å². The molecule has 10 nitrogen and oxygen atoms in total. The van der Waals surface area contributed by atoms with Crippen LogP contribution in [0.15, 0.2) is 23.8 Å². The van der Waals surface area contributed by atoms with Gasteiger partial charge in [-0.25, -0.2) is 0 Å². The van der Waals surface area contributed by atoms with E-state index in [0.29, 0.717) is 40.9 Å². The summed E-state index contributed by atoms with van der Waals surface area (Å²) >= 11 is 0. The standard InChI is InChI=1S/C41H68O10/c1-8-24(22(2)3)10-9-23(4)27-11-12-30-40(27,6)18-15-31-39(5)17-14-26(19-25(39)13-16-41(30,31)7)49-38-36(32(44)28(43)21-48-38)51-37-35(47)34(46)33(45)29(20-42)50-37/h9-10,13,22-24,26-38,42-47H,8,11-12,14-21H2,1-7H3/b10-9+/t23-,24-,26+,27-,28?,29?,30-,31-,32?,33?,34?,35?,36?,37?,38?,39+,40-,41+/m1/s1. The summed E-state index contributed by atoms with van der Waals surface area (Å²) in [5.74, 6) is 3.92. The molecule has 5 fully saturated rings. The van der Waals surface area contributed by atoms with Crippen molar-refractivity contribution in [3.8, 4) is 0 Å². The zero-order valence-corrected chi connectivity index (χ0v) is 32.1. The van der Waals surface area contributed by atoms with Gasteiger partial charge in [0.1, 0.15) is 42.7 Å². The van der Waals surface area contributed by atoms with Gasteiger partial charge in [-0.15, -0.1) is 0 Å². The van der Waals surface area contributed by atoms with E-state index in [9.17, 15) is 30.6 Å². The summed E-state index contributed by atoms with van der Waals surface area (Å²) in [6.07, 6.45) is 4.87. The third-order valence-electron chi connectivity index (χ3n) is 15.2. The summed E-state index contributed by atoms with van der Waals surface area (Å²) in [6, 6.07) is 0. The molecule has 51 heavy (non-hydrogen) atoms. The SMILES string of the molecule is CC[C@H](/C=C/[C@@H](C)[C@H]1CC[C@@H]2[C@]1(C)CC[C@H]1[C@@]2(C)CC=C2C[C@@H](OC3OCC(O)C(O)C3OC3OC(CO)C(O)C(O)C3O)CC[C@@]21C)C(C)C. The number of hydrogen-bond donors (Lipinski definition) is 6. The Morgan fingerprint density at radius 2 is 1.59 bits per heavy atom. The monoisotopic (exact) mass is 720 g/mol. The minimum Gasteiger partial charge on any atom is -0.394 e. The Hall–Kier alpha value is -0.920. The Bertz CT molecular complexity index is 1250. The van der Waals surface area contributed by atoms with Crippen molar-refractivity contribution in [3.05, 3.63) is 23.8 Å². The summed E-state index contributed by atoms with van der Waals surface area (Å²) in [7, 11) is 0. The predicted molar refractivity (Wildman–Crippen MR) is 192 cm³/mol. The Kier molecular flexibility index (Phi) is 11.9. The molecular formula is C41H68O10. The summed E-state index contributed by atoms with van der Waals surface area (Å²) in [6.45, 7) is 16.4. The van der Waals surface area contributed by atoms with E-state index in [1.807, 2.05) is 0 Å². The lowest BCUT2D eigenvalue weighted by Gasteiger charge is -2.63. The molecular weight excluding hydrogens is 652 g/mol. The highest BCUT2D eigenvalue weighted by molar-refractivity contribution is 5.28. The van der Waals surface area contributed by atoms with Crippen LogP contribution in [-0.2, 0) is 18.9 Å². The first-order valence-electron chi connectivity index (χ1n) is 20.1. The van der Waals surface area contributed by atoms with Gasteiger partial charge in [-0.2, -0.15) is 0 Å². The average molecular weight is 721 g/mol. The molecule has 0 bridgehead atoms. The summed E-state index contributed by atoms with van der Waals surface area (Å²) in [5, 5.41) is 62.1. The lowest BCUT2D eigenvalue weighted by molar-refractivity contribution is -0.361. The number of rotatable bonds is 10. The van der Waals surface area contributed by atoms with Crippen molar-refractivity contribution in [2.45, 2.75) is 168 Å². The Morgan fingerprint density at radius 1 is 0.843 bits per heavy atom. The third kappa shape index (κ3) is 7.07. The molecule has 6 aliphatic rings. The maximum absolute atomic E-state index is 11.0. The smallest absolute Gasteiger partial charge is 0.187 e. The zero-order valence-electron chi connectivity index (χ0n) is 32.1. The van der Waals surface area contributed by atoms with Crippen molar-refractivity contribution in [2.24, 2.45) is 51.8 Å². The number of allylic oxidation sites excluding steroid dienone is 3. The summed E-state index contributed by atoms with van der Waals surface area (Å²) < 4.78 is 23.9. The topological polar surface area (TPSA) is 158 Å². The highest BCUT2D eigenvalue weighted by atomic mass is 16.8. The summed E-state index contributed by atoms with van der Waals surface area (Å²) in [4.78, 5) is 0. The van der Waals surface area contributed by atoms with E-state index in [4.69, 9.17) is 18.9 Å². The van der Waals surface area contributed by atoms with Crippen LogP contribution in [0.1, 0.15) is 106 Å². The van der Waals surface area contributed by atoms with Crippen molar-refractivity contribution in [3.63, 3.8) is 0 Å². The highest BCUT2D eigenvalue weighted by Gasteiger charge is 2.64. The van der Waals surface area contributed by atoms with Gasteiger partial charge in [0, 0.05) is 0 Å². The first kappa shape index (κ1) is 39.8. The molecule has 0 aromatic carbocycles. The molecule has 2 saturated heterocycles. The van der Waals surface area contributed by atoms with E-state index in [0.717, 1.165) is 25.7 Å². The Morgan fingerprint density at radius 3 is 2.27 bits per heavy atom. The molecule has 2 aliphatic heterocycles. The van der Waals surface area contributed by atoms with Gasteiger partial charge in [0.25, 0.3) is 0 Å². The maximum atomic E-state index is 11.0. The van der Waals surface area contributed by atoms with E-state index >= 15 is 0 Å². The van der Waals surface area contributed by atoms with Crippen LogP contribution in [0.4, 0.5) is 0 Å². The van der Waals surface area contributed by atoms with Gasteiger partial charge in [0.05, 0.1) is 19.3 Å². The number of ether oxygens (including phenoxy) is 4. The van der Waals surface area contributed by atoms with Crippen LogP contribution in [0.5, 0.6) is 0 Å². The lowest BCUT2D eigenvalue weighted by Crippen LogP contribution is -2.63. The fraction of sp³-hybridized carbons (Fsp3) is 0.902. The van der Waals surface area contributed by atoms with E-state index in [2.05, 4.69) is 66.7 Å². The van der Waals surface area contributed by atoms with Crippen LogP contribution in [0.25, 0.3) is 0 Å². The van der Waals surface area contributed by atoms with Crippen LogP contribution >= 0.6 is 0 Å².